The first-order valence-electron chi connectivity index (χ1n) is 12.2. The van der Waals surface area contributed by atoms with Gasteiger partial charge >= 0.3 is 0 Å². The van der Waals surface area contributed by atoms with Crippen molar-refractivity contribution in [1.82, 2.24) is 10.6 Å². The number of hydrogen-bond donors (Lipinski definition) is 4. The summed E-state index contributed by atoms with van der Waals surface area (Å²) in [6.45, 7) is 3.83. The van der Waals surface area contributed by atoms with Crippen LogP contribution in [0, 0.1) is 5.92 Å². The average molecular weight is 535 g/mol. The first kappa shape index (κ1) is 28.4. The van der Waals surface area contributed by atoms with E-state index >= 15 is 0 Å². The molecule has 5 N–H and O–H groups in total. The molecule has 0 aliphatic carbocycles. The number of Topliss-reactive ketones (excluding diaryl/α,β-unsaturated/α-hetero) is 1. The van der Waals surface area contributed by atoms with Crippen LogP contribution in [0.25, 0.3) is 0 Å². The normalized spacial score (nSPS) is 12.3. The Hall–Kier alpha value is -4.17. The van der Waals surface area contributed by atoms with Crippen LogP contribution in [0.2, 0.25) is 5.02 Å². The third-order valence-corrected chi connectivity index (χ3v) is 6.00. The van der Waals surface area contributed by atoms with Gasteiger partial charge in [0.05, 0.1) is 11.3 Å². The predicted octanol–water partition coefficient (Wildman–Crippen LogP) is 4.01. The Morgan fingerprint density at radius 2 is 1.53 bits per heavy atom. The number of para-hydroxylation sites is 1. The van der Waals surface area contributed by atoms with E-state index in [0.29, 0.717) is 28.4 Å². The molecular weight excluding hydrogens is 504 g/mol. The van der Waals surface area contributed by atoms with Crippen molar-refractivity contribution in [1.29, 1.82) is 0 Å². The molecule has 0 aromatic heterocycles. The van der Waals surface area contributed by atoms with E-state index in [2.05, 4.69) is 16.0 Å². The molecule has 198 valence electrons. The van der Waals surface area contributed by atoms with Crippen molar-refractivity contribution in [3.63, 3.8) is 0 Å². The van der Waals surface area contributed by atoms with Gasteiger partial charge in [-0.15, -0.1) is 0 Å². The summed E-state index contributed by atoms with van der Waals surface area (Å²) in [6, 6.07) is 20.8. The molecule has 8 nitrogen and oxygen atoms in total. The van der Waals surface area contributed by atoms with E-state index in [9.17, 15) is 19.2 Å². The average Bonchev–Trinajstić information content (AvgIpc) is 2.88. The topological polar surface area (TPSA) is 130 Å². The van der Waals surface area contributed by atoms with Crippen LogP contribution in [0.3, 0.4) is 0 Å². The Bertz CT molecular complexity index is 1300. The fourth-order valence-electron chi connectivity index (χ4n) is 3.95. The highest BCUT2D eigenvalue weighted by Gasteiger charge is 2.30. The number of halogens is 1. The molecule has 0 radical (unpaired) electrons. The van der Waals surface area contributed by atoms with Crippen molar-refractivity contribution in [2.24, 2.45) is 11.7 Å². The number of nitrogens with two attached hydrogens (primary N) is 1. The zero-order valence-corrected chi connectivity index (χ0v) is 22.0. The van der Waals surface area contributed by atoms with Gasteiger partial charge in [0.25, 0.3) is 11.8 Å². The van der Waals surface area contributed by atoms with Crippen LogP contribution in [0.1, 0.15) is 36.2 Å². The second kappa shape index (κ2) is 13.4. The lowest BCUT2D eigenvalue weighted by atomic mass is 9.99. The molecule has 3 amide bonds. The highest BCUT2D eigenvalue weighted by atomic mass is 35.5. The Morgan fingerprint density at radius 3 is 2.18 bits per heavy atom. The second-order valence-corrected chi connectivity index (χ2v) is 9.75. The zero-order valence-electron chi connectivity index (χ0n) is 21.2. The SMILES string of the molecule is CC(C)C[C@H](NC(=O)c1ccccc1Nc1cccc(Cl)c1)C(=O)N[C@@H](Cc1ccccc1)C(=O)C(N)=O. The summed E-state index contributed by atoms with van der Waals surface area (Å²) in [5.41, 5.74) is 7.54. The van der Waals surface area contributed by atoms with E-state index in [0.717, 1.165) is 5.56 Å². The van der Waals surface area contributed by atoms with Gasteiger partial charge in [-0.25, -0.2) is 0 Å². The maximum Gasteiger partial charge on any atom is 0.287 e. The number of carbonyl (C=O) groups is 4. The van der Waals surface area contributed by atoms with Crippen molar-refractivity contribution in [2.45, 2.75) is 38.8 Å². The molecule has 0 fully saturated rings. The molecule has 0 bridgehead atoms. The van der Waals surface area contributed by atoms with Crippen LogP contribution in [0.15, 0.2) is 78.9 Å². The maximum absolute atomic E-state index is 13.3. The van der Waals surface area contributed by atoms with Crippen LogP contribution in [-0.4, -0.2) is 35.6 Å². The summed E-state index contributed by atoms with van der Waals surface area (Å²) in [4.78, 5) is 50.9. The first-order chi connectivity index (χ1) is 18.1. The largest absolute Gasteiger partial charge is 0.363 e. The minimum absolute atomic E-state index is 0.0466. The number of anilines is 2. The monoisotopic (exact) mass is 534 g/mol. The Balaban J connectivity index is 1.80. The zero-order chi connectivity index (χ0) is 27.7. The standard InChI is InChI=1S/C29H31ClN4O4/c1-18(2)15-25(29(38)33-24(26(35)27(31)36)16-19-9-4-3-5-10-19)34-28(37)22-13-6-7-14-23(22)32-21-12-8-11-20(30)17-21/h3-14,17-18,24-25,32H,15-16H2,1-2H3,(H2,31,36)(H,33,38)(H,34,37)/t24-,25-/m0/s1. The Labute approximate surface area is 226 Å². The number of nitrogens with one attached hydrogen (secondary N) is 3. The Morgan fingerprint density at radius 1 is 0.842 bits per heavy atom. The predicted molar refractivity (Wildman–Crippen MR) is 148 cm³/mol. The lowest BCUT2D eigenvalue weighted by Crippen LogP contribution is -2.54. The van der Waals surface area contributed by atoms with E-state index < -0.39 is 35.6 Å². The third kappa shape index (κ3) is 8.18. The lowest BCUT2D eigenvalue weighted by molar-refractivity contribution is -0.138. The van der Waals surface area contributed by atoms with Crippen LogP contribution in [0.4, 0.5) is 11.4 Å². The number of hydrogen-bond acceptors (Lipinski definition) is 5. The number of benzene rings is 3. The van der Waals surface area contributed by atoms with Gasteiger partial charge in [-0.3, -0.25) is 19.2 Å². The van der Waals surface area contributed by atoms with Crippen LogP contribution in [-0.2, 0) is 20.8 Å². The molecule has 2 atom stereocenters. The first-order valence-corrected chi connectivity index (χ1v) is 12.6. The third-order valence-electron chi connectivity index (χ3n) is 5.76. The smallest absolute Gasteiger partial charge is 0.287 e. The molecule has 0 saturated carbocycles. The number of ketones is 1. The van der Waals surface area contributed by atoms with Crippen molar-refractivity contribution in [2.75, 3.05) is 5.32 Å². The molecule has 0 unspecified atom stereocenters. The van der Waals surface area contributed by atoms with Crippen molar-refractivity contribution < 1.29 is 19.2 Å². The summed E-state index contributed by atoms with van der Waals surface area (Å²) in [7, 11) is 0. The number of amides is 3. The van der Waals surface area contributed by atoms with Gasteiger partial charge in [0.15, 0.2) is 0 Å². The van der Waals surface area contributed by atoms with Gasteiger partial charge in [-0.1, -0.05) is 74.0 Å². The van der Waals surface area contributed by atoms with Gasteiger partial charge in [0, 0.05) is 17.1 Å². The summed E-state index contributed by atoms with van der Waals surface area (Å²) in [5.74, 6) is -3.06. The van der Waals surface area contributed by atoms with E-state index in [1.165, 1.54) is 0 Å². The molecular formula is C29H31ClN4O4. The molecule has 38 heavy (non-hydrogen) atoms. The van der Waals surface area contributed by atoms with Crippen LogP contribution >= 0.6 is 11.6 Å². The molecule has 0 spiro atoms. The summed E-state index contributed by atoms with van der Waals surface area (Å²) >= 11 is 6.08. The minimum atomic E-state index is -1.16. The molecule has 0 heterocycles. The molecule has 0 aliphatic heterocycles. The van der Waals surface area contributed by atoms with Gasteiger partial charge in [0.2, 0.25) is 11.7 Å². The Kier molecular flexibility index (Phi) is 10.0. The maximum atomic E-state index is 13.3. The van der Waals surface area contributed by atoms with Crippen LogP contribution < -0.4 is 21.7 Å². The highest BCUT2D eigenvalue weighted by molar-refractivity contribution is 6.38. The van der Waals surface area contributed by atoms with E-state index in [1.54, 1.807) is 66.7 Å². The second-order valence-electron chi connectivity index (χ2n) is 9.32. The fourth-order valence-corrected chi connectivity index (χ4v) is 4.14. The van der Waals surface area contributed by atoms with E-state index in [1.807, 2.05) is 26.0 Å². The van der Waals surface area contributed by atoms with Crippen molar-refractivity contribution >= 4 is 46.5 Å². The molecule has 3 aromatic rings. The van der Waals surface area contributed by atoms with Gasteiger partial charge in [-0.2, -0.15) is 0 Å². The molecule has 3 aromatic carbocycles. The molecule has 0 saturated heterocycles. The quantitative estimate of drug-likeness (QED) is 0.261. The van der Waals surface area contributed by atoms with Crippen LogP contribution in [0.5, 0.6) is 0 Å². The lowest BCUT2D eigenvalue weighted by Gasteiger charge is -2.24. The van der Waals surface area contributed by atoms with Gasteiger partial charge < -0.3 is 21.7 Å². The summed E-state index contributed by atoms with van der Waals surface area (Å²) in [6.07, 6.45) is 0.396. The molecule has 9 heteroatoms. The summed E-state index contributed by atoms with van der Waals surface area (Å²) < 4.78 is 0. The van der Waals surface area contributed by atoms with E-state index in [4.69, 9.17) is 17.3 Å². The number of primary amides is 1. The summed E-state index contributed by atoms with van der Waals surface area (Å²) in [5, 5.41) is 9.16. The van der Waals surface area contributed by atoms with Gasteiger partial charge in [-0.05, 0) is 48.2 Å². The number of carbonyl (C=O) groups excluding carboxylic acids is 4. The minimum Gasteiger partial charge on any atom is -0.363 e. The highest BCUT2D eigenvalue weighted by Crippen LogP contribution is 2.23. The molecule has 3 rings (SSSR count). The molecule has 0 aliphatic rings. The number of rotatable bonds is 12. The van der Waals surface area contributed by atoms with Gasteiger partial charge in [0.1, 0.15) is 12.1 Å². The van der Waals surface area contributed by atoms with Crippen molar-refractivity contribution in [3.05, 3.63) is 95.0 Å². The van der Waals surface area contributed by atoms with E-state index in [-0.39, 0.29) is 12.3 Å². The fraction of sp³-hybridized carbons (Fsp3) is 0.241. The van der Waals surface area contributed by atoms with Crippen molar-refractivity contribution in [3.8, 4) is 0 Å².